The second-order valence-corrected chi connectivity index (χ2v) is 9.55. The molecule has 0 aromatic heterocycles. The maximum absolute atomic E-state index is 12.2. The van der Waals surface area contributed by atoms with Crippen LogP contribution in [-0.4, -0.2) is 43.8 Å². The quantitative estimate of drug-likeness (QED) is 0.784. The molecule has 1 rings (SSSR count). The SMILES string of the molecule is CN(C(=O)CCCC(C)(C)C)C1CCCC1S(C)(=O)=O. The van der Waals surface area contributed by atoms with Gasteiger partial charge in [-0.05, 0) is 37.5 Å². The Morgan fingerprint density at radius 1 is 1.25 bits per heavy atom. The van der Waals surface area contributed by atoms with Crippen LogP contribution in [0.1, 0.15) is 59.3 Å². The lowest BCUT2D eigenvalue weighted by molar-refractivity contribution is -0.132. The average molecular weight is 303 g/mol. The molecule has 1 aliphatic rings. The van der Waals surface area contributed by atoms with Gasteiger partial charge in [0.1, 0.15) is 0 Å². The molecule has 0 N–H and O–H groups in total. The summed E-state index contributed by atoms with van der Waals surface area (Å²) < 4.78 is 23.6. The van der Waals surface area contributed by atoms with Crippen molar-refractivity contribution in [1.82, 2.24) is 4.90 Å². The fourth-order valence-electron chi connectivity index (χ4n) is 2.98. The van der Waals surface area contributed by atoms with Gasteiger partial charge < -0.3 is 4.90 Å². The molecule has 0 saturated heterocycles. The largest absolute Gasteiger partial charge is 0.341 e. The van der Waals surface area contributed by atoms with E-state index in [1.807, 2.05) is 0 Å². The highest BCUT2D eigenvalue weighted by molar-refractivity contribution is 7.91. The Labute approximate surface area is 123 Å². The van der Waals surface area contributed by atoms with Gasteiger partial charge >= 0.3 is 0 Å². The topological polar surface area (TPSA) is 54.5 Å². The molecule has 0 aromatic rings. The summed E-state index contributed by atoms with van der Waals surface area (Å²) in [6.45, 7) is 6.49. The first-order valence-electron chi connectivity index (χ1n) is 7.47. The second-order valence-electron chi connectivity index (χ2n) is 7.29. The molecule has 2 unspecified atom stereocenters. The zero-order valence-corrected chi connectivity index (χ0v) is 14.3. The van der Waals surface area contributed by atoms with Gasteiger partial charge in [-0.2, -0.15) is 0 Å². The summed E-state index contributed by atoms with van der Waals surface area (Å²) >= 11 is 0. The fraction of sp³-hybridized carbons (Fsp3) is 0.933. The zero-order valence-electron chi connectivity index (χ0n) is 13.5. The molecule has 1 aliphatic carbocycles. The molecule has 0 bridgehead atoms. The molecule has 1 fully saturated rings. The van der Waals surface area contributed by atoms with E-state index in [1.54, 1.807) is 11.9 Å². The monoisotopic (exact) mass is 303 g/mol. The fourth-order valence-corrected chi connectivity index (χ4v) is 4.46. The lowest BCUT2D eigenvalue weighted by Gasteiger charge is -2.29. The van der Waals surface area contributed by atoms with E-state index in [2.05, 4.69) is 20.8 Å². The average Bonchev–Trinajstić information content (AvgIpc) is 2.74. The van der Waals surface area contributed by atoms with Gasteiger partial charge in [-0.15, -0.1) is 0 Å². The molecular weight excluding hydrogens is 274 g/mol. The number of sulfone groups is 1. The highest BCUT2D eigenvalue weighted by atomic mass is 32.2. The van der Waals surface area contributed by atoms with E-state index in [0.29, 0.717) is 12.8 Å². The van der Waals surface area contributed by atoms with Crippen molar-refractivity contribution in [1.29, 1.82) is 0 Å². The summed E-state index contributed by atoms with van der Waals surface area (Å²) in [5, 5.41) is -0.376. The molecule has 0 spiro atoms. The molecule has 20 heavy (non-hydrogen) atoms. The zero-order chi connectivity index (χ0) is 15.6. The molecule has 0 aromatic carbocycles. The van der Waals surface area contributed by atoms with Gasteiger partial charge in [0.2, 0.25) is 5.91 Å². The van der Waals surface area contributed by atoms with Crippen LogP contribution in [0.25, 0.3) is 0 Å². The Hall–Kier alpha value is -0.580. The summed E-state index contributed by atoms with van der Waals surface area (Å²) in [5.41, 5.74) is 0.238. The lowest BCUT2D eigenvalue weighted by Crippen LogP contribution is -2.44. The number of carbonyl (C=O) groups excluding carboxylic acids is 1. The summed E-state index contributed by atoms with van der Waals surface area (Å²) in [7, 11) is -1.31. The first-order valence-corrected chi connectivity index (χ1v) is 9.42. The third kappa shape index (κ3) is 5.08. The van der Waals surface area contributed by atoms with Crippen LogP contribution in [-0.2, 0) is 14.6 Å². The summed E-state index contributed by atoms with van der Waals surface area (Å²) in [4.78, 5) is 13.9. The Morgan fingerprint density at radius 3 is 2.35 bits per heavy atom. The van der Waals surface area contributed by atoms with Gasteiger partial charge in [0.05, 0.1) is 5.25 Å². The predicted octanol–water partition coefficient (Wildman–Crippen LogP) is 2.63. The molecule has 1 saturated carbocycles. The van der Waals surface area contributed by atoms with Crippen LogP contribution < -0.4 is 0 Å². The highest BCUT2D eigenvalue weighted by Crippen LogP contribution is 2.29. The summed E-state index contributed by atoms with van der Waals surface area (Å²) in [6, 6.07) is -0.132. The number of carbonyl (C=O) groups is 1. The van der Waals surface area contributed by atoms with Crippen LogP contribution in [0.3, 0.4) is 0 Å². The molecule has 118 valence electrons. The third-order valence-corrected chi connectivity index (χ3v) is 5.83. The molecule has 5 heteroatoms. The molecule has 4 nitrogen and oxygen atoms in total. The number of hydrogen-bond donors (Lipinski definition) is 0. The lowest BCUT2D eigenvalue weighted by atomic mass is 9.90. The van der Waals surface area contributed by atoms with Crippen molar-refractivity contribution in [2.24, 2.45) is 5.41 Å². The van der Waals surface area contributed by atoms with Crippen molar-refractivity contribution < 1.29 is 13.2 Å². The maximum Gasteiger partial charge on any atom is 0.222 e. The normalized spacial score (nSPS) is 23.9. The van der Waals surface area contributed by atoms with E-state index in [0.717, 1.165) is 25.7 Å². The van der Waals surface area contributed by atoms with Crippen molar-refractivity contribution in [2.75, 3.05) is 13.3 Å². The molecular formula is C15H29NO3S. The van der Waals surface area contributed by atoms with Crippen molar-refractivity contribution >= 4 is 15.7 Å². The first-order chi connectivity index (χ1) is 9.02. The number of hydrogen-bond acceptors (Lipinski definition) is 3. The smallest absolute Gasteiger partial charge is 0.222 e. The Bertz CT molecular complexity index is 437. The Morgan fingerprint density at radius 2 is 1.85 bits per heavy atom. The second kappa shape index (κ2) is 6.46. The maximum atomic E-state index is 12.2. The number of nitrogens with zero attached hydrogens (tertiary/aromatic N) is 1. The van der Waals surface area contributed by atoms with Crippen molar-refractivity contribution in [2.45, 2.75) is 70.6 Å². The minimum Gasteiger partial charge on any atom is -0.341 e. The third-order valence-electron chi connectivity index (χ3n) is 4.18. The molecule has 0 heterocycles. The molecule has 1 amide bonds. The summed E-state index contributed by atoms with van der Waals surface area (Å²) in [5.74, 6) is 0.0785. The van der Waals surface area contributed by atoms with Crippen molar-refractivity contribution in [3.8, 4) is 0 Å². The van der Waals surface area contributed by atoms with E-state index < -0.39 is 9.84 Å². The van der Waals surface area contributed by atoms with Crippen molar-refractivity contribution in [3.05, 3.63) is 0 Å². The van der Waals surface area contributed by atoms with Gasteiger partial charge in [-0.3, -0.25) is 4.79 Å². The van der Waals surface area contributed by atoms with Crippen LogP contribution in [0.2, 0.25) is 0 Å². The van der Waals surface area contributed by atoms with Gasteiger partial charge in [0.25, 0.3) is 0 Å². The summed E-state index contributed by atoms with van der Waals surface area (Å²) in [6.07, 6.45) is 6.05. The minimum absolute atomic E-state index is 0.0785. The predicted molar refractivity (Wildman–Crippen MR) is 82.3 cm³/mol. The van der Waals surface area contributed by atoms with Crippen LogP contribution in [0, 0.1) is 5.41 Å². The minimum atomic E-state index is -3.07. The van der Waals surface area contributed by atoms with Crippen molar-refractivity contribution in [3.63, 3.8) is 0 Å². The molecule has 2 atom stereocenters. The molecule has 0 radical (unpaired) electrons. The van der Waals surface area contributed by atoms with Gasteiger partial charge in [0.15, 0.2) is 9.84 Å². The van der Waals surface area contributed by atoms with Crippen LogP contribution in [0.4, 0.5) is 0 Å². The number of rotatable bonds is 5. The first kappa shape index (κ1) is 17.5. The Kier molecular flexibility index (Phi) is 5.64. The van der Waals surface area contributed by atoms with E-state index in [1.165, 1.54) is 6.26 Å². The van der Waals surface area contributed by atoms with Crippen LogP contribution in [0.5, 0.6) is 0 Å². The van der Waals surface area contributed by atoms with E-state index in [-0.39, 0.29) is 22.6 Å². The van der Waals surface area contributed by atoms with Crippen LogP contribution >= 0.6 is 0 Å². The van der Waals surface area contributed by atoms with E-state index in [9.17, 15) is 13.2 Å². The standard InChI is InChI=1S/C15H29NO3S/c1-15(2,3)11-7-10-14(17)16(4)12-8-6-9-13(12)20(5,18)19/h12-13H,6-11H2,1-5H3. The van der Waals surface area contributed by atoms with Gasteiger partial charge in [-0.1, -0.05) is 20.8 Å². The molecule has 0 aliphatic heterocycles. The number of amides is 1. The van der Waals surface area contributed by atoms with E-state index >= 15 is 0 Å². The van der Waals surface area contributed by atoms with E-state index in [4.69, 9.17) is 0 Å². The highest BCUT2D eigenvalue weighted by Gasteiger charge is 2.38. The Balaban J connectivity index is 2.56. The van der Waals surface area contributed by atoms with Gasteiger partial charge in [-0.25, -0.2) is 8.42 Å². The van der Waals surface area contributed by atoms with Crippen LogP contribution in [0.15, 0.2) is 0 Å². The van der Waals surface area contributed by atoms with Gasteiger partial charge in [0, 0.05) is 25.8 Å².